The molecule has 0 amide bonds. The molecule has 0 spiro atoms. The second kappa shape index (κ2) is 7.80. The molecule has 1 aliphatic rings. The molecule has 4 nitrogen and oxygen atoms in total. The fraction of sp³-hybridized carbons (Fsp3) is 0.429. The van der Waals surface area contributed by atoms with Gasteiger partial charge < -0.3 is 9.47 Å². The van der Waals surface area contributed by atoms with E-state index in [-0.39, 0.29) is 6.04 Å². The van der Waals surface area contributed by atoms with Gasteiger partial charge in [-0.2, -0.15) is 0 Å². The van der Waals surface area contributed by atoms with Crippen molar-refractivity contribution in [2.45, 2.75) is 38.1 Å². The molecule has 0 fully saturated rings. The van der Waals surface area contributed by atoms with E-state index in [1.54, 1.807) is 14.2 Å². The molecule has 0 aliphatic carbocycles. The van der Waals surface area contributed by atoms with E-state index >= 15 is 0 Å². The molecule has 0 aromatic heterocycles. The second-order valence-corrected chi connectivity index (χ2v) is 8.49. The van der Waals surface area contributed by atoms with Gasteiger partial charge in [-0.15, -0.1) is 0 Å². The number of methoxy groups -OCH3 is 2. The minimum absolute atomic E-state index is 0.0701. The van der Waals surface area contributed by atoms with Gasteiger partial charge in [-0.1, -0.05) is 31.5 Å². The van der Waals surface area contributed by atoms with Crippen molar-refractivity contribution in [3.63, 3.8) is 0 Å². The largest absolute Gasteiger partial charge is 0.493 e. The van der Waals surface area contributed by atoms with Crippen molar-refractivity contribution in [2.24, 2.45) is 5.92 Å². The van der Waals surface area contributed by atoms with Gasteiger partial charge in [0.25, 0.3) is 0 Å². The van der Waals surface area contributed by atoms with Crippen molar-refractivity contribution >= 4 is 11.0 Å². The van der Waals surface area contributed by atoms with Crippen LogP contribution < -0.4 is 9.47 Å². The number of aryl methyl sites for hydroxylation is 1. The van der Waals surface area contributed by atoms with E-state index in [1.807, 2.05) is 31.2 Å². The Hall–Kier alpha value is -1.85. The summed E-state index contributed by atoms with van der Waals surface area (Å²) >= 11 is 0. The van der Waals surface area contributed by atoms with E-state index in [0.717, 1.165) is 29.4 Å². The van der Waals surface area contributed by atoms with Gasteiger partial charge in [-0.3, -0.25) is 0 Å². The molecule has 0 radical (unpaired) electrons. The van der Waals surface area contributed by atoms with Crippen LogP contribution in [-0.4, -0.2) is 29.3 Å². The summed E-state index contributed by atoms with van der Waals surface area (Å²) in [6.45, 7) is 7.15. The molecule has 2 aromatic rings. The maximum Gasteiger partial charge on any atom is 0.161 e. The Kier molecular flexibility index (Phi) is 5.68. The summed E-state index contributed by atoms with van der Waals surface area (Å²) in [4.78, 5) is 0.852. The number of benzene rings is 2. The third kappa shape index (κ3) is 3.51. The van der Waals surface area contributed by atoms with Crippen molar-refractivity contribution in [3.8, 4) is 11.5 Å². The first-order valence-corrected chi connectivity index (χ1v) is 10.1. The van der Waals surface area contributed by atoms with Crippen LogP contribution in [0, 0.1) is 12.8 Å². The Morgan fingerprint density at radius 2 is 1.69 bits per heavy atom. The van der Waals surface area contributed by atoms with Gasteiger partial charge in [0, 0.05) is 6.54 Å². The summed E-state index contributed by atoms with van der Waals surface area (Å²) in [6.07, 6.45) is 0.844. The molecule has 0 unspecified atom stereocenters. The van der Waals surface area contributed by atoms with Crippen LogP contribution >= 0.6 is 0 Å². The zero-order chi connectivity index (χ0) is 18.8. The van der Waals surface area contributed by atoms with Crippen LogP contribution in [0.1, 0.15) is 36.6 Å². The number of fused-ring (bicyclic) bond motifs is 1. The van der Waals surface area contributed by atoms with Crippen LogP contribution in [0.3, 0.4) is 0 Å². The van der Waals surface area contributed by atoms with Crippen LogP contribution in [-0.2, 0) is 17.4 Å². The average Bonchev–Trinajstić information content (AvgIpc) is 2.65. The van der Waals surface area contributed by atoms with Gasteiger partial charge in [-0.25, -0.2) is 8.51 Å². The molecule has 0 bridgehead atoms. The van der Waals surface area contributed by atoms with Crippen molar-refractivity contribution in [1.29, 1.82) is 0 Å². The van der Waals surface area contributed by atoms with E-state index < -0.39 is 11.0 Å². The third-order valence-electron chi connectivity index (χ3n) is 4.94. The van der Waals surface area contributed by atoms with Crippen LogP contribution in [0.4, 0.5) is 0 Å². The van der Waals surface area contributed by atoms with Crippen LogP contribution in [0.15, 0.2) is 41.3 Å². The lowest BCUT2D eigenvalue weighted by atomic mass is 9.87. The summed E-state index contributed by atoms with van der Waals surface area (Å²) in [5.41, 5.74) is 3.61. The number of hydrogen-bond acceptors (Lipinski definition) is 3. The van der Waals surface area contributed by atoms with Crippen molar-refractivity contribution < 1.29 is 13.7 Å². The number of hydrogen-bond donors (Lipinski definition) is 0. The Labute approximate surface area is 158 Å². The average molecular weight is 374 g/mol. The molecular weight excluding hydrogens is 346 g/mol. The summed E-state index contributed by atoms with van der Waals surface area (Å²) in [7, 11) is 2.12. The van der Waals surface area contributed by atoms with E-state index in [1.165, 1.54) is 16.7 Å². The van der Waals surface area contributed by atoms with Crippen molar-refractivity contribution in [3.05, 3.63) is 53.1 Å². The number of nitrogens with zero attached hydrogens (tertiary/aromatic N) is 1. The highest BCUT2D eigenvalue weighted by Crippen LogP contribution is 2.42. The predicted octanol–water partition coefficient (Wildman–Crippen LogP) is 4.29. The molecule has 26 heavy (non-hydrogen) atoms. The highest BCUT2D eigenvalue weighted by molar-refractivity contribution is 7.82. The zero-order valence-electron chi connectivity index (χ0n) is 16.1. The van der Waals surface area contributed by atoms with Crippen molar-refractivity contribution in [1.82, 2.24) is 4.31 Å². The van der Waals surface area contributed by atoms with E-state index in [2.05, 4.69) is 30.3 Å². The molecule has 2 aromatic carbocycles. The standard InChI is InChI=1S/C21H27NO3S/c1-14(2)21-18-13-20(25-5)19(24-4)12-16(18)10-11-22(21)26(23)17-8-6-15(3)7-9-17/h6-9,12-14,21H,10-11H2,1-5H3/t21-,26-/m1/s1. The van der Waals surface area contributed by atoms with Gasteiger partial charge in [0.05, 0.1) is 25.2 Å². The van der Waals surface area contributed by atoms with E-state index in [9.17, 15) is 4.21 Å². The lowest BCUT2D eigenvalue weighted by Gasteiger charge is -2.38. The monoisotopic (exact) mass is 373 g/mol. The van der Waals surface area contributed by atoms with Gasteiger partial charge in [0.2, 0.25) is 0 Å². The minimum atomic E-state index is -1.19. The summed E-state index contributed by atoms with van der Waals surface area (Å²) in [5.74, 6) is 1.79. The SMILES string of the molecule is COc1cc2c(cc1OC)[C@@H](C(C)C)N([S@](=O)c1ccc(C)cc1)CC2. The molecule has 1 aliphatic heterocycles. The van der Waals surface area contributed by atoms with Crippen LogP contribution in [0.25, 0.3) is 0 Å². The van der Waals surface area contributed by atoms with Gasteiger partial charge in [0.15, 0.2) is 11.5 Å². The van der Waals surface area contributed by atoms with Gasteiger partial charge in [0.1, 0.15) is 11.0 Å². The molecule has 1 heterocycles. The Morgan fingerprint density at radius 3 is 2.27 bits per heavy atom. The Balaban J connectivity index is 2.02. The number of rotatable bonds is 5. The maximum atomic E-state index is 13.3. The van der Waals surface area contributed by atoms with E-state index in [4.69, 9.17) is 9.47 Å². The lowest BCUT2D eigenvalue weighted by molar-refractivity contribution is 0.257. The fourth-order valence-electron chi connectivity index (χ4n) is 3.62. The van der Waals surface area contributed by atoms with Gasteiger partial charge in [-0.05, 0) is 54.7 Å². The smallest absolute Gasteiger partial charge is 0.161 e. The molecule has 140 valence electrons. The Bertz CT molecular complexity index is 802. The summed E-state index contributed by atoms with van der Waals surface area (Å²) in [6, 6.07) is 12.2. The highest BCUT2D eigenvalue weighted by Gasteiger charge is 2.34. The predicted molar refractivity (Wildman–Crippen MR) is 105 cm³/mol. The topological polar surface area (TPSA) is 38.8 Å². The molecule has 0 N–H and O–H groups in total. The van der Waals surface area contributed by atoms with E-state index in [0.29, 0.717) is 5.92 Å². The molecule has 2 atom stereocenters. The lowest BCUT2D eigenvalue weighted by Crippen LogP contribution is -2.39. The Morgan fingerprint density at radius 1 is 1.08 bits per heavy atom. The molecule has 5 heteroatoms. The second-order valence-electron chi connectivity index (χ2n) is 7.05. The quantitative estimate of drug-likeness (QED) is 0.785. The first-order chi connectivity index (χ1) is 12.5. The van der Waals surface area contributed by atoms with Gasteiger partial charge >= 0.3 is 0 Å². The first-order valence-electron chi connectivity index (χ1n) is 8.96. The summed E-state index contributed by atoms with van der Waals surface area (Å²) < 4.78 is 26.4. The zero-order valence-corrected chi connectivity index (χ0v) is 16.9. The minimum Gasteiger partial charge on any atom is -0.493 e. The highest BCUT2D eigenvalue weighted by atomic mass is 32.2. The van der Waals surface area contributed by atoms with Crippen LogP contribution in [0.2, 0.25) is 0 Å². The molecule has 0 saturated carbocycles. The fourth-order valence-corrected chi connectivity index (χ4v) is 5.08. The molecule has 0 saturated heterocycles. The summed E-state index contributed by atoms with van der Waals surface area (Å²) in [5, 5.41) is 0. The third-order valence-corrected chi connectivity index (χ3v) is 6.45. The normalized spacial score (nSPS) is 18.5. The van der Waals surface area contributed by atoms with Crippen LogP contribution in [0.5, 0.6) is 11.5 Å². The molecular formula is C21H27NO3S. The molecule has 3 rings (SSSR count). The van der Waals surface area contributed by atoms with Crippen molar-refractivity contribution in [2.75, 3.05) is 20.8 Å². The first kappa shape index (κ1) is 18.9. The maximum absolute atomic E-state index is 13.3. The number of ether oxygens (including phenoxy) is 2.